The van der Waals surface area contributed by atoms with Crippen molar-refractivity contribution in [2.75, 3.05) is 13.1 Å². The molecule has 0 radical (unpaired) electrons. The Bertz CT molecular complexity index is 491. The van der Waals surface area contributed by atoms with Crippen LogP contribution in [0, 0.1) is 0 Å². The van der Waals surface area contributed by atoms with Gasteiger partial charge < -0.3 is 11.1 Å². The van der Waals surface area contributed by atoms with Crippen molar-refractivity contribution >= 4 is 0 Å². The molecule has 3 N–H and O–H groups in total. The lowest BCUT2D eigenvalue weighted by atomic mass is 10.0. The highest BCUT2D eigenvalue weighted by Gasteiger charge is 2.03. The van der Waals surface area contributed by atoms with E-state index in [1.54, 1.807) is 0 Å². The van der Waals surface area contributed by atoms with Crippen molar-refractivity contribution in [1.82, 2.24) is 5.32 Å². The van der Waals surface area contributed by atoms with Crippen molar-refractivity contribution in [3.8, 4) is 0 Å². The summed E-state index contributed by atoms with van der Waals surface area (Å²) in [5, 5.41) is 3.53. The molecule has 2 nitrogen and oxygen atoms in total. The first-order valence-corrected chi connectivity index (χ1v) is 7.33. The number of hydrogen-bond donors (Lipinski definition) is 2. The molecule has 0 aliphatic heterocycles. The Balaban J connectivity index is 1.78. The molecule has 0 fully saturated rings. The van der Waals surface area contributed by atoms with E-state index in [0.717, 1.165) is 19.5 Å². The third-order valence-electron chi connectivity index (χ3n) is 3.60. The zero-order valence-electron chi connectivity index (χ0n) is 12.2. The molecule has 2 rings (SSSR count). The first-order chi connectivity index (χ1) is 9.79. The maximum absolute atomic E-state index is 5.56. The van der Waals surface area contributed by atoms with Crippen molar-refractivity contribution in [3.63, 3.8) is 0 Å². The molecule has 106 valence electrons. The fourth-order valence-electron chi connectivity index (χ4n) is 2.32. The Morgan fingerprint density at radius 3 is 2.25 bits per heavy atom. The summed E-state index contributed by atoms with van der Waals surface area (Å²) in [7, 11) is 0. The minimum atomic E-state index is 0.535. The predicted molar refractivity (Wildman–Crippen MR) is 85.8 cm³/mol. The zero-order valence-corrected chi connectivity index (χ0v) is 12.2. The van der Waals surface area contributed by atoms with Crippen molar-refractivity contribution in [2.45, 2.75) is 25.8 Å². The van der Waals surface area contributed by atoms with E-state index < -0.39 is 0 Å². The molecule has 0 unspecified atom stereocenters. The maximum Gasteiger partial charge on any atom is 0.0205 e. The number of hydrogen-bond acceptors (Lipinski definition) is 2. The summed E-state index contributed by atoms with van der Waals surface area (Å²) >= 11 is 0. The second kappa shape index (κ2) is 7.83. The van der Waals surface area contributed by atoms with Gasteiger partial charge in [0.1, 0.15) is 0 Å². The summed E-state index contributed by atoms with van der Waals surface area (Å²) in [4.78, 5) is 0. The Morgan fingerprint density at radius 2 is 1.60 bits per heavy atom. The molecule has 0 spiro atoms. The molecular weight excluding hydrogens is 244 g/mol. The van der Waals surface area contributed by atoms with E-state index in [4.69, 9.17) is 5.73 Å². The quantitative estimate of drug-likeness (QED) is 0.810. The van der Waals surface area contributed by atoms with E-state index >= 15 is 0 Å². The molecule has 0 saturated carbocycles. The summed E-state index contributed by atoms with van der Waals surface area (Å²) in [5.41, 5.74) is 9.58. The fourth-order valence-corrected chi connectivity index (χ4v) is 2.32. The van der Waals surface area contributed by atoms with Crippen LogP contribution in [0.25, 0.3) is 0 Å². The van der Waals surface area contributed by atoms with Crippen LogP contribution < -0.4 is 11.1 Å². The number of nitrogens with one attached hydrogen (secondary N) is 1. The highest BCUT2D eigenvalue weighted by Crippen LogP contribution is 2.13. The molecule has 1 atom stereocenters. The van der Waals surface area contributed by atoms with Crippen molar-refractivity contribution in [2.24, 2.45) is 5.73 Å². The van der Waals surface area contributed by atoms with Gasteiger partial charge in [0.2, 0.25) is 0 Å². The minimum Gasteiger partial charge on any atom is -0.330 e. The zero-order chi connectivity index (χ0) is 14.2. The lowest BCUT2D eigenvalue weighted by Crippen LogP contribution is -2.19. The van der Waals surface area contributed by atoms with Crippen molar-refractivity contribution in [1.29, 1.82) is 0 Å². The molecule has 0 heterocycles. The highest BCUT2D eigenvalue weighted by atomic mass is 14.9. The molecular formula is C18H24N2. The van der Waals surface area contributed by atoms with Crippen molar-refractivity contribution in [3.05, 3.63) is 71.3 Å². The molecule has 0 aliphatic carbocycles. The standard InChI is InChI=1S/C18H24N2/c1-15(18-5-3-2-4-6-18)13-20-14-17-9-7-16(8-10-17)11-12-19/h2-10,15,20H,11-14,19H2,1H3/t15-/m1/s1. The van der Waals surface area contributed by atoms with E-state index in [2.05, 4.69) is 66.8 Å². The van der Waals surface area contributed by atoms with Gasteiger partial charge >= 0.3 is 0 Å². The van der Waals surface area contributed by atoms with Crippen LogP contribution in [0.4, 0.5) is 0 Å². The van der Waals surface area contributed by atoms with Crippen LogP contribution in [0.3, 0.4) is 0 Å². The smallest absolute Gasteiger partial charge is 0.0205 e. The monoisotopic (exact) mass is 268 g/mol. The first-order valence-electron chi connectivity index (χ1n) is 7.33. The van der Waals surface area contributed by atoms with Gasteiger partial charge in [-0.05, 0) is 35.6 Å². The Morgan fingerprint density at radius 1 is 0.950 bits per heavy atom. The van der Waals surface area contributed by atoms with Crippen LogP contribution >= 0.6 is 0 Å². The van der Waals surface area contributed by atoms with Crippen LogP contribution in [0.15, 0.2) is 54.6 Å². The molecule has 2 aromatic carbocycles. The van der Waals surface area contributed by atoms with Gasteiger partial charge in [0.25, 0.3) is 0 Å². The van der Waals surface area contributed by atoms with E-state index in [-0.39, 0.29) is 0 Å². The van der Waals surface area contributed by atoms with E-state index in [0.29, 0.717) is 12.5 Å². The fraction of sp³-hybridized carbons (Fsp3) is 0.333. The molecule has 0 aliphatic rings. The van der Waals surface area contributed by atoms with Crippen LogP contribution in [0.5, 0.6) is 0 Å². The summed E-state index contributed by atoms with van der Waals surface area (Å²) in [5.74, 6) is 0.535. The molecule has 2 aromatic rings. The van der Waals surface area contributed by atoms with E-state index in [1.165, 1.54) is 16.7 Å². The van der Waals surface area contributed by atoms with Crippen LogP contribution in [-0.4, -0.2) is 13.1 Å². The second-order valence-electron chi connectivity index (χ2n) is 5.30. The summed E-state index contributed by atoms with van der Waals surface area (Å²) in [6.07, 6.45) is 0.957. The molecule has 0 aromatic heterocycles. The largest absolute Gasteiger partial charge is 0.330 e. The lowest BCUT2D eigenvalue weighted by Gasteiger charge is -2.13. The average molecular weight is 268 g/mol. The maximum atomic E-state index is 5.56. The molecule has 0 bridgehead atoms. The number of rotatable bonds is 7. The van der Waals surface area contributed by atoms with Crippen LogP contribution in [0.1, 0.15) is 29.5 Å². The van der Waals surface area contributed by atoms with Gasteiger partial charge in [-0.25, -0.2) is 0 Å². The lowest BCUT2D eigenvalue weighted by molar-refractivity contribution is 0.615. The van der Waals surface area contributed by atoms with E-state index in [1.807, 2.05) is 0 Å². The average Bonchev–Trinajstić information content (AvgIpc) is 2.50. The van der Waals surface area contributed by atoms with Gasteiger partial charge in [-0.3, -0.25) is 0 Å². The predicted octanol–water partition coefficient (Wildman–Crippen LogP) is 3.08. The van der Waals surface area contributed by atoms with Gasteiger partial charge in [-0.2, -0.15) is 0 Å². The normalized spacial score (nSPS) is 12.3. The SMILES string of the molecule is C[C@H](CNCc1ccc(CCN)cc1)c1ccccc1. The van der Waals surface area contributed by atoms with Gasteiger partial charge in [0.05, 0.1) is 0 Å². The van der Waals surface area contributed by atoms with Gasteiger partial charge in [0.15, 0.2) is 0 Å². The topological polar surface area (TPSA) is 38.0 Å². The van der Waals surface area contributed by atoms with Crippen LogP contribution in [-0.2, 0) is 13.0 Å². The van der Waals surface area contributed by atoms with E-state index in [9.17, 15) is 0 Å². The highest BCUT2D eigenvalue weighted by molar-refractivity contribution is 5.23. The Kier molecular flexibility index (Phi) is 5.78. The molecule has 20 heavy (non-hydrogen) atoms. The second-order valence-corrected chi connectivity index (χ2v) is 5.30. The Hall–Kier alpha value is -1.64. The first kappa shape index (κ1) is 14.8. The van der Waals surface area contributed by atoms with Crippen molar-refractivity contribution < 1.29 is 0 Å². The van der Waals surface area contributed by atoms with Gasteiger partial charge in [-0.1, -0.05) is 61.5 Å². The van der Waals surface area contributed by atoms with Gasteiger partial charge in [0, 0.05) is 13.1 Å². The molecule has 0 amide bonds. The summed E-state index contributed by atoms with van der Waals surface area (Å²) in [6.45, 7) is 4.88. The molecule has 0 saturated heterocycles. The summed E-state index contributed by atoms with van der Waals surface area (Å²) in [6, 6.07) is 19.4. The minimum absolute atomic E-state index is 0.535. The third-order valence-corrected chi connectivity index (χ3v) is 3.60. The number of benzene rings is 2. The summed E-state index contributed by atoms with van der Waals surface area (Å²) < 4.78 is 0. The Labute approximate surface area is 122 Å². The van der Waals surface area contributed by atoms with Gasteiger partial charge in [-0.15, -0.1) is 0 Å². The van der Waals surface area contributed by atoms with Crippen LogP contribution in [0.2, 0.25) is 0 Å². The number of nitrogens with two attached hydrogens (primary N) is 1. The molecule has 2 heteroatoms. The third kappa shape index (κ3) is 4.48.